The first kappa shape index (κ1) is 15.2. The smallest absolute Gasteiger partial charge is 0.124 e. The van der Waals surface area contributed by atoms with Crippen molar-refractivity contribution in [1.82, 2.24) is 29.7 Å². The van der Waals surface area contributed by atoms with Gasteiger partial charge < -0.3 is 5.11 Å². The third-order valence-corrected chi connectivity index (χ3v) is 4.33. The Kier molecular flexibility index (Phi) is 4.01. The molecule has 1 fully saturated rings. The molecule has 1 aliphatic heterocycles. The van der Waals surface area contributed by atoms with Crippen LogP contribution in [0.1, 0.15) is 44.6 Å². The number of aliphatic hydroxyl groups is 1. The van der Waals surface area contributed by atoms with Crippen LogP contribution in [0.3, 0.4) is 0 Å². The van der Waals surface area contributed by atoms with E-state index in [0.29, 0.717) is 18.7 Å². The molecule has 3 heterocycles. The van der Waals surface area contributed by atoms with E-state index in [1.807, 2.05) is 23.1 Å². The van der Waals surface area contributed by atoms with E-state index in [4.69, 9.17) is 0 Å². The highest BCUT2D eigenvalue weighted by Crippen LogP contribution is 2.31. The minimum absolute atomic E-state index is 0.251. The molecule has 0 saturated carbocycles. The van der Waals surface area contributed by atoms with E-state index in [-0.39, 0.29) is 6.04 Å². The Morgan fingerprint density at radius 3 is 2.91 bits per heavy atom. The minimum atomic E-state index is -0.899. The molecule has 1 N–H and O–H groups in total. The van der Waals surface area contributed by atoms with Gasteiger partial charge in [-0.2, -0.15) is 5.10 Å². The van der Waals surface area contributed by atoms with Crippen LogP contribution in [0.15, 0.2) is 18.5 Å². The van der Waals surface area contributed by atoms with Gasteiger partial charge in [-0.1, -0.05) is 5.21 Å². The number of likely N-dealkylation sites (tertiary alicyclic amines) is 1. The molecule has 7 heteroatoms. The molecule has 0 bridgehead atoms. The second kappa shape index (κ2) is 5.81. The maximum Gasteiger partial charge on any atom is 0.124 e. The van der Waals surface area contributed by atoms with Crippen molar-refractivity contribution in [2.75, 3.05) is 13.1 Å². The topological polar surface area (TPSA) is 72.0 Å². The van der Waals surface area contributed by atoms with Gasteiger partial charge in [-0.3, -0.25) is 9.58 Å². The molecule has 0 amide bonds. The summed E-state index contributed by atoms with van der Waals surface area (Å²) in [5, 5.41) is 23.5. The van der Waals surface area contributed by atoms with Gasteiger partial charge in [0.25, 0.3) is 0 Å². The molecule has 2 aromatic heterocycles. The summed E-state index contributed by atoms with van der Waals surface area (Å²) < 4.78 is 3.79. The summed E-state index contributed by atoms with van der Waals surface area (Å²) >= 11 is 0. The zero-order valence-electron chi connectivity index (χ0n) is 13.5. The van der Waals surface area contributed by atoms with Crippen molar-refractivity contribution in [2.45, 2.75) is 51.9 Å². The first-order valence-electron chi connectivity index (χ1n) is 7.89. The third kappa shape index (κ3) is 2.78. The molecule has 1 saturated heterocycles. The SMILES string of the molecule is CCn1nccc1CN1CC[C@@](O)(c2cn(C(C)C)nn2)C1. The Labute approximate surface area is 130 Å². The lowest BCUT2D eigenvalue weighted by atomic mass is 10.00. The van der Waals surface area contributed by atoms with Crippen LogP contribution in [-0.4, -0.2) is 47.9 Å². The molecule has 2 aromatic rings. The first-order chi connectivity index (χ1) is 10.5. The average molecular weight is 304 g/mol. The lowest BCUT2D eigenvalue weighted by Crippen LogP contribution is -2.31. The molecule has 22 heavy (non-hydrogen) atoms. The van der Waals surface area contributed by atoms with E-state index in [1.54, 1.807) is 4.68 Å². The van der Waals surface area contributed by atoms with Gasteiger partial charge in [0.2, 0.25) is 0 Å². The molecule has 7 nitrogen and oxygen atoms in total. The van der Waals surface area contributed by atoms with Crippen LogP contribution in [0, 0.1) is 0 Å². The maximum atomic E-state index is 10.9. The first-order valence-corrected chi connectivity index (χ1v) is 7.89. The average Bonchev–Trinajstić information content (AvgIpc) is 3.19. The van der Waals surface area contributed by atoms with Crippen molar-refractivity contribution in [3.8, 4) is 0 Å². The Bertz CT molecular complexity index is 634. The van der Waals surface area contributed by atoms with E-state index < -0.39 is 5.60 Å². The number of hydrogen-bond donors (Lipinski definition) is 1. The Morgan fingerprint density at radius 2 is 2.23 bits per heavy atom. The van der Waals surface area contributed by atoms with Gasteiger partial charge in [-0.15, -0.1) is 5.10 Å². The van der Waals surface area contributed by atoms with Crippen LogP contribution in [0.4, 0.5) is 0 Å². The van der Waals surface area contributed by atoms with E-state index >= 15 is 0 Å². The lowest BCUT2D eigenvalue weighted by molar-refractivity contribution is 0.0405. The summed E-state index contributed by atoms with van der Waals surface area (Å²) in [6.07, 6.45) is 4.38. The van der Waals surface area contributed by atoms with Crippen LogP contribution in [-0.2, 0) is 18.7 Å². The predicted molar refractivity (Wildman–Crippen MR) is 82.1 cm³/mol. The Balaban J connectivity index is 1.70. The molecule has 0 aromatic carbocycles. The van der Waals surface area contributed by atoms with Gasteiger partial charge in [-0.25, -0.2) is 4.68 Å². The number of aryl methyl sites for hydroxylation is 1. The minimum Gasteiger partial charge on any atom is -0.382 e. The van der Waals surface area contributed by atoms with E-state index in [9.17, 15) is 5.11 Å². The van der Waals surface area contributed by atoms with Crippen LogP contribution in [0.5, 0.6) is 0 Å². The normalized spacial score (nSPS) is 22.8. The molecular weight excluding hydrogens is 280 g/mol. The van der Waals surface area contributed by atoms with Crippen molar-refractivity contribution < 1.29 is 5.11 Å². The molecule has 120 valence electrons. The largest absolute Gasteiger partial charge is 0.382 e. The van der Waals surface area contributed by atoms with Gasteiger partial charge in [0.1, 0.15) is 11.3 Å². The van der Waals surface area contributed by atoms with E-state index in [1.165, 1.54) is 5.69 Å². The molecule has 3 rings (SSSR count). The lowest BCUT2D eigenvalue weighted by Gasteiger charge is -2.21. The summed E-state index contributed by atoms with van der Waals surface area (Å²) in [5.74, 6) is 0. The fraction of sp³-hybridized carbons (Fsp3) is 0.667. The van der Waals surface area contributed by atoms with Crippen LogP contribution in [0.25, 0.3) is 0 Å². The molecule has 0 aliphatic carbocycles. The standard InChI is InChI=1S/C15H24N6O/c1-4-20-13(5-7-16-20)9-19-8-6-15(22,11-19)14-10-21(12(2)3)18-17-14/h5,7,10,12,22H,4,6,8-9,11H2,1-3H3/t15-/m0/s1. The highest BCUT2D eigenvalue weighted by Gasteiger charge is 2.40. The third-order valence-electron chi connectivity index (χ3n) is 4.33. The van der Waals surface area contributed by atoms with Crippen molar-refractivity contribution in [3.05, 3.63) is 29.8 Å². The second-order valence-electron chi connectivity index (χ2n) is 6.31. The summed E-state index contributed by atoms with van der Waals surface area (Å²) in [4.78, 5) is 2.25. The van der Waals surface area contributed by atoms with Gasteiger partial charge >= 0.3 is 0 Å². The zero-order chi connectivity index (χ0) is 15.7. The summed E-state index contributed by atoms with van der Waals surface area (Å²) in [6, 6.07) is 2.29. The fourth-order valence-corrected chi connectivity index (χ4v) is 2.97. The zero-order valence-corrected chi connectivity index (χ0v) is 13.5. The monoisotopic (exact) mass is 304 g/mol. The number of hydrogen-bond acceptors (Lipinski definition) is 5. The van der Waals surface area contributed by atoms with Gasteiger partial charge in [0.05, 0.1) is 11.9 Å². The fourth-order valence-electron chi connectivity index (χ4n) is 2.97. The van der Waals surface area contributed by atoms with Crippen LogP contribution in [0.2, 0.25) is 0 Å². The van der Waals surface area contributed by atoms with Crippen LogP contribution < -0.4 is 0 Å². The Hall–Kier alpha value is -1.73. The highest BCUT2D eigenvalue weighted by molar-refractivity contribution is 5.12. The second-order valence-corrected chi connectivity index (χ2v) is 6.31. The molecule has 0 radical (unpaired) electrons. The van der Waals surface area contributed by atoms with Gasteiger partial charge in [0.15, 0.2) is 0 Å². The number of nitrogens with zero attached hydrogens (tertiary/aromatic N) is 6. The Morgan fingerprint density at radius 1 is 1.41 bits per heavy atom. The van der Waals surface area contributed by atoms with E-state index in [2.05, 4.69) is 41.1 Å². The molecule has 1 aliphatic rings. The molecular formula is C15H24N6O. The van der Waals surface area contributed by atoms with Crippen LogP contribution >= 0.6 is 0 Å². The van der Waals surface area contributed by atoms with Gasteiger partial charge in [0, 0.05) is 38.4 Å². The summed E-state index contributed by atoms with van der Waals surface area (Å²) in [7, 11) is 0. The predicted octanol–water partition coefficient (Wildman–Crippen LogP) is 1.17. The summed E-state index contributed by atoms with van der Waals surface area (Å²) in [5.41, 5.74) is 0.954. The maximum absolute atomic E-state index is 10.9. The highest BCUT2D eigenvalue weighted by atomic mass is 16.3. The summed E-state index contributed by atoms with van der Waals surface area (Å²) in [6.45, 7) is 9.28. The molecule has 0 spiro atoms. The number of aromatic nitrogens is 5. The van der Waals surface area contributed by atoms with Crippen molar-refractivity contribution in [1.29, 1.82) is 0 Å². The van der Waals surface area contributed by atoms with Crippen molar-refractivity contribution >= 4 is 0 Å². The number of rotatable bonds is 5. The number of β-amino-alcohol motifs (C(OH)–C–C–N with tert-alkyl or cyclic N) is 1. The molecule has 0 unspecified atom stereocenters. The van der Waals surface area contributed by atoms with Crippen molar-refractivity contribution in [3.63, 3.8) is 0 Å². The quantitative estimate of drug-likeness (QED) is 0.898. The molecule has 1 atom stereocenters. The van der Waals surface area contributed by atoms with Crippen molar-refractivity contribution in [2.24, 2.45) is 0 Å². The van der Waals surface area contributed by atoms with Gasteiger partial charge in [-0.05, 0) is 33.3 Å². The van der Waals surface area contributed by atoms with E-state index in [0.717, 1.165) is 19.6 Å².